The van der Waals surface area contributed by atoms with Gasteiger partial charge in [0.2, 0.25) is 0 Å². The predicted octanol–water partition coefficient (Wildman–Crippen LogP) is -25.2. The Hall–Kier alpha value is 4.05. The van der Waals surface area contributed by atoms with Gasteiger partial charge in [0.15, 0.2) is 0 Å². The van der Waals surface area contributed by atoms with Crippen LogP contribution in [-0.2, 0) is 4.81 Å². The summed E-state index contributed by atoms with van der Waals surface area (Å²) in [6.07, 6.45) is 0. The van der Waals surface area contributed by atoms with Gasteiger partial charge >= 0.3 is 453 Å². The molecule has 0 aromatic rings. The van der Waals surface area contributed by atoms with Crippen molar-refractivity contribution in [3.05, 3.63) is 0 Å². The van der Waals surface area contributed by atoms with Crippen molar-refractivity contribution in [2.24, 2.45) is 0 Å². The molecular formula is HB66O2. The van der Waals surface area contributed by atoms with Crippen LogP contribution in [0.2, 0.25) is 0 Å². The Morgan fingerprint density at radius 2 is 0.235 bits per heavy atom. The van der Waals surface area contributed by atoms with Gasteiger partial charge in [-0.1, -0.05) is 0 Å². The molecule has 0 fully saturated rings. The molecule has 0 aliphatic heterocycles. The first-order chi connectivity index (χ1) is 33.9. The maximum absolute atomic E-state index is 8.15. The monoisotopic (exact) mass is 760 g/mol. The molecule has 0 aromatic heterocycles. The van der Waals surface area contributed by atoms with Gasteiger partial charge in [-0.2, -0.15) is 0 Å². The summed E-state index contributed by atoms with van der Waals surface area (Å²) in [5.41, 5.74) is 0. The topological polar surface area (TPSA) is 29.5 Å². The van der Waals surface area contributed by atoms with Crippen molar-refractivity contribution >= 4 is 443 Å². The van der Waals surface area contributed by atoms with Crippen molar-refractivity contribution < 1.29 is 10.1 Å². The fourth-order valence-corrected chi connectivity index (χ4v) is 4.06. The van der Waals surface area contributed by atoms with E-state index in [1.165, 1.54) is 13.7 Å². The van der Waals surface area contributed by atoms with Crippen LogP contribution in [0.15, 0.2) is 0 Å². The van der Waals surface area contributed by atoms with Crippen molar-refractivity contribution in [3.63, 3.8) is 0 Å². The van der Waals surface area contributed by atoms with E-state index in [0.717, 1.165) is 0 Å². The molecule has 68 heteroatoms. The summed E-state index contributed by atoms with van der Waals surface area (Å²) in [6.45, 7) is 125. The van der Waals surface area contributed by atoms with E-state index >= 15 is 0 Å². The van der Waals surface area contributed by atoms with Crippen LogP contribution in [0.5, 0.6) is 0 Å². The third-order valence-corrected chi connectivity index (χ3v) is 7.14. The van der Waals surface area contributed by atoms with E-state index in [-0.39, 0.29) is 0 Å². The van der Waals surface area contributed by atoms with E-state index in [2.05, 4.69) is 4.81 Å². The second-order valence-electron chi connectivity index (χ2n) is 12.6. The van der Waals surface area contributed by atoms with Crippen LogP contribution >= 0.6 is 0 Å². The Bertz CT molecular complexity index is 2300. The van der Waals surface area contributed by atoms with Gasteiger partial charge in [-0.25, -0.2) is 0 Å². The Morgan fingerprint density at radius 3 is 0.324 bits per heavy atom. The zero-order valence-corrected chi connectivity index (χ0v) is 39.0. The summed E-state index contributed by atoms with van der Waals surface area (Å²) in [7, 11) is 6.44. The minimum atomic E-state index is 1.18. The first kappa shape index (κ1) is 72.0. The summed E-state index contributed by atoms with van der Waals surface area (Å²) in [4.78, 5) is 3.82. The Morgan fingerprint density at radius 1 is 0.147 bits per heavy atom. The molecule has 211 valence electrons. The SMILES string of the molecule is [B]=BB=BB=BB=BB=BB=BB=BB=BB=BB=BB=BB=BB=BB=BB=BB=BB=BB=BB=BB=BB=BB=BB=BB=BB=BB=BB=BB=BB=BB=BB=BB=BB=BOO. The van der Waals surface area contributed by atoms with Gasteiger partial charge in [-0.15, -0.1) is 0 Å². The fourth-order valence-electron chi connectivity index (χ4n) is 4.06. The third-order valence-electron chi connectivity index (χ3n) is 7.14. The molecule has 0 bridgehead atoms. The van der Waals surface area contributed by atoms with Crippen molar-refractivity contribution in [2.45, 2.75) is 0 Å². The van der Waals surface area contributed by atoms with E-state index in [4.69, 9.17) is 12.6 Å². The molecule has 0 aliphatic rings. The van der Waals surface area contributed by atoms with Gasteiger partial charge in [0.25, 0.3) is 0 Å². The molecule has 0 spiro atoms. The van der Waals surface area contributed by atoms with Gasteiger partial charge in [0, 0.05) is 0 Å². The first-order valence-corrected chi connectivity index (χ1v) is 22.1. The first-order valence-electron chi connectivity index (χ1n) is 22.1. The third kappa shape index (κ3) is 70.0. The van der Waals surface area contributed by atoms with E-state index in [1.807, 2.05) is 402 Å². The van der Waals surface area contributed by atoms with Crippen LogP contribution in [0.25, 0.3) is 0 Å². The van der Waals surface area contributed by atoms with Gasteiger partial charge in [-0.05, 0) is 0 Å². The molecule has 0 unspecified atom stereocenters. The van der Waals surface area contributed by atoms with Crippen molar-refractivity contribution in [2.75, 3.05) is 0 Å². The number of hydrogen-bond donors (Lipinski definition) is 1. The van der Waals surface area contributed by atoms with E-state index in [9.17, 15) is 0 Å². The Balaban J connectivity index is 4.09. The molecule has 1 radical (unpaired) electrons. The molecule has 68 heavy (non-hydrogen) atoms. The van der Waals surface area contributed by atoms with Crippen molar-refractivity contribution in [3.8, 4) is 0 Å². The van der Waals surface area contributed by atoms with Crippen molar-refractivity contribution in [1.29, 1.82) is 0 Å². The second kappa shape index (κ2) is 71.0. The quantitative estimate of drug-likeness (QED) is 0.0412. The summed E-state index contributed by atoms with van der Waals surface area (Å²) < 4.78 is 0. The van der Waals surface area contributed by atoms with Crippen LogP contribution in [0.4, 0.5) is 0 Å². The Labute approximate surface area is 448 Å². The van der Waals surface area contributed by atoms with Crippen molar-refractivity contribution in [1.82, 2.24) is 0 Å². The molecule has 0 saturated carbocycles. The zero-order chi connectivity index (χ0) is 48.7. The zero-order valence-electron chi connectivity index (χ0n) is 39.0. The number of hydrogen-bond acceptors (Lipinski definition) is 2. The van der Waals surface area contributed by atoms with E-state index < -0.39 is 0 Å². The Kier molecular flexibility index (Phi) is 75.3. The molecule has 1 N–H and O–H groups in total. The standard InChI is InChI=1S/B66HO2/c1-2-3-4-5-6-7-8-9-10-11-12-13-14-15-16-17-18-19-20-21-22-23-24-25-26-27-28-29-30-31-32-33-34-35-36-37-38-39-40-41-42-43-44-45-46-47-48-49-50-51-52-53-54-55-56-57-58-59-60-61-62-63-64-65-66-68-67/h67H. The molecule has 0 aliphatic carbocycles. The average Bonchev–Trinajstić information content (AvgIpc) is 3.35. The molecule has 0 aromatic carbocycles. The van der Waals surface area contributed by atoms with Gasteiger partial charge in [0.1, 0.15) is 0 Å². The van der Waals surface area contributed by atoms with Gasteiger partial charge < -0.3 is 0 Å². The minimum absolute atomic E-state index is 1.18. The normalized spacial score (nSPS) is 7.76. The molecule has 0 heterocycles. The van der Waals surface area contributed by atoms with E-state index in [0.29, 0.717) is 0 Å². The second-order valence-corrected chi connectivity index (χ2v) is 12.6. The van der Waals surface area contributed by atoms with Crippen LogP contribution in [0.1, 0.15) is 0 Å². The average molecular weight is 747 g/mol. The maximum atomic E-state index is 8.15. The summed E-state index contributed by atoms with van der Waals surface area (Å²) in [5.74, 6) is 0. The summed E-state index contributed by atoms with van der Waals surface area (Å²) in [5, 5.41) is 8.15. The molecule has 0 rings (SSSR count). The predicted molar refractivity (Wildman–Crippen MR) is 383 cm³/mol. The fraction of sp³-hybridized carbons (Fsp3) is 0. The van der Waals surface area contributed by atoms with Crippen LogP contribution in [-0.4, -0.2) is 448 Å². The van der Waals surface area contributed by atoms with Gasteiger partial charge in [-0.3, -0.25) is 0 Å². The molecule has 0 amide bonds. The summed E-state index contributed by atoms with van der Waals surface area (Å²) >= 11 is 0. The molecule has 2 nitrogen and oxygen atoms in total. The molecule has 0 atom stereocenters. The van der Waals surface area contributed by atoms with Crippen LogP contribution in [0.3, 0.4) is 0 Å². The van der Waals surface area contributed by atoms with E-state index in [1.54, 1.807) is 20.1 Å². The molecular weight excluding hydrogens is 746 g/mol. The van der Waals surface area contributed by atoms with Crippen LogP contribution < -0.4 is 0 Å². The van der Waals surface area contributed by atoms with Gasteiger partial charge in [0.05, 0.1) is 0 Å². The summed E-state index contributed by atoms with van der Waals surface area (Å²) in [6, 6.07) is 0. The number of rotatable bonds is 33. The molecule has 0 saturated heterocycles. The van der Waals surface area contributed by atoms with Crippen LogP contribution in [0, 0.1) is 0 Å².